The molecule has 7 heteroatoms. The zero-order valence-corrected chi connectivity index (χ0v) is 15.6. The standard InChI is InChI=1S/C19H14BrNO5/c1-9-12-5-11(20)3-4-15(12)26-18(9)19(23)21-14-7-17-16(24-8-25-17)6-13(14)10(2)22/h3-7H,8H2,1-2H3,(H,21,23). The molecule has 26 heavy (non-hydrogen) atoms. The monoisotopic (exact) mass is 415 g/mol. The number of Topliss-reactive ketones (excluding diaryl/α,β-unsaturated/α-hetero) is 1. The average molecular weight is 416 g/mol. The van der Waals surface area contributed by atoms with Crippen LogP contribution in [0.4, 0.5) is 5.69 Å². The van der Waals surface area contributed by atoms with Gasteiger partial charge in [0.25, 0.3) is 5.91 Å². The molecule has 132 valence electrons. The van der Waals surface area contributed by atoms with Crippen LogP contribution in [0.15, 0.2) is 39.2 Å². The molecule has 0 saturated heterocycles. The van der Waals surface area contributed by atoms with Crippen molar-refractivity contribution < 1.29 is 23.5 Å². The highest BCUT2D eigenvalue weighted by atomic mass is 79.9. The number of furan rings is 1. The van der Waals surface area contributed by atoms with E-state index in [9.17, 15) is 9.59 Å². The van der Waals surface area contributed by atoms with E-state index in [0.29, 0.717) is 28.3 Å². The molecule has 0 atom stereocenters. The van der Waals surface area contributed by atoms with Crippen molar-refractivity contribution in [2.24, 2.45) is 0 Å². The molecule has 2 heterocycles. The minimum Gasteiger partial charge on any atom is -0.454 e. The van der Waals surface area contributed by atoms with Gasteiger partial charge >= 0.3 is 0 Å². The lowest BCUT2D eigenvalue weighted by Crippen LogP contribution is -2.14. The van der Waals surface area contributed by atoms with E-state index in [1.165, 1.54) is 6.92 Å². The third-order valence-corrected chi connectivity index (χ3v) is 4.74. The zero-order valence-electron chi connectivity index (χ0n) is 14.0. The third-order valence-electron chi connectivity index (χ3n) is 4.24. The van der Waals surface area contributed by atoms with Crippen molar-refractivity contribution in [3.05, 3.63) is 51.7 Å². The molecule has 4 rings (SSSR count). The number of benzene rings is 2. The Kier molecular flexibility index (Phi) is 3.96. The molecule has 0 aliphatic carbocycles. The van der Waals surface area contributed by atoms with E-state index in [1.807, 2.05) is 19.1 Å². The van der Waals surface area contributed by atoms with Gasteiger partial charge in [-0.1, -0.05) is 15.9 Å². The number of rotatable bonds is 3. The van der Waals surface area contributed by atoms with Gasteiger partial charge in [0.2, 0.25) is 6.79 Å². The van der Waals surface area contributed by atoms with E-state index in [0.717, 1.165) is 15.4 Å². The second-order valence-electron chi connectivity index (χ2n) is 5.96. The largest absolute Gasteiger partial charge is 0.454 e. The van der Waals surface area contributed by atoms with Crippen LogP contribution in [0.1, 0.15) is 33.4 Å². The molecule has 0 fully saturated rings. The van der Waals surface area contributed by atoms with Crippen LogP contribution in [-0.4, -0.2) is 18.5 Å². The Balaban J connectivity index is 1.73. The first-order valence-electron chi connectivity index (χ1n) is 7.88. The van der Waals surface area contributed by atoms with E-state index in [4.69, 9.17) is 13.9 Å². The highest BCUT2D eigenvalue weighted by molar-refractivity contribution is 9.10. The SMILES string of the molecule is CC(=O)c1cc2c(cc1NC(=O)c1oc3ccc(Br)cc3c1C)OCO2. The lowest BCUT2D eigenvalue weighted by atomic mass is 10.1. The maximum Gasteiger partial charge on any atom is 0.291 e. The van der Waals surface area contributed by atoms with Crippen LogP contribution in [0, 0.1) is 6.92 Å². The Labute approximate surface area is 157 Å². The summed E-state index contributed by atoms with van der Waals surface area (Å²) < 4.78 is 17.2. The summed E-state index contributed by atoms with van der Waals surface area (Å²) in [4.78, 5) is 24.7. The fourth-order valence-electron chi connectivity index (χ4n) is 2.93. The van der Waals surface area contributed by atoms with Gasteiger partial charge in [-0.05, 0) is 38.1 Å². The second kappa shape index (κ2) is 6.17. The van der Waals surface area contributed by atoms with Gasteiger partial charge in [-0.2, -0.15) is 0 Å². The van der Waals surface area contributed by atoms with Crippen molar-refractivity contribution in [3.63, 3.8) is 0 Å². The summed E-state index contributed by atoms with van der Waals surface area (Å²) >= 11 is 3.42. The summed E-state index contributed by atoms with van der Waals surface area (Å²) in [6.07, 6.45) is 0. The minimum atomic E-state index is -0.434. The van der Waals surface area contributed by atoms with Crippen molar-refractivity contribution in [3.8, 4) is 11.5 Å². The Morgan fingerprint density at radius 1 is 1.12 bits per heavy atom. The fourth-order valence-corrected chi connectivity index (χ4v) is 3.29. The number of hydrogen-bond acceptors (Lipinski definition) is 5. The average Bonchev–Trinajstić information content (AvgIpc) is 3.18. The van der Waals surface area contributed by atoms with Gasteiger partial charge in [0, 0.05) is 27.1 Å². The highest BCUT2D eigenvalue weighted by Gasteiger charge is 2.23. The van der Waals surface area contributed by atoms with Crippen molar-refractivity contribution in [2.45, 2.75) is 13.8 Å². The van der Waals surface area contributed by atoms with E-state index in [-0.39, 0.29) is 18.3 Å². The smallest absolute Gasteiger partial charge is 0.291 e. The molecule has 0 radical (unpaired) electrons. The first-order valence-corrected chi connectivity index (χ1v) is 8.68. The summed E-state index contributed by atoms with van der Waals surface area (Å²) in [5, 5.41) is 3.60. The Bertz CT molecular complexity index is 1070. The first kappa shape index (κ1) is 16.7. The number of anilines is 1. The maximum absolute atomic E-state index is 12.8. The number of ether oxygens (including phenoxy) is 2. The van der Waals surface area contributed by atoms with Gasteiger partial charge in [-0.15, -0.1) is 0 Å². The molecule has 1 aromatic heterocycles. The van der Waals surface area contributed by atoms with Crippen LogP contribution in [0.3, 0.4) is 0 Å². The molecule has 0 saturated carbocycles. The van der Waals surface area contributed by atoms with Gasteiger partial charge in [0.1, 0.15) is 5.58 Å². The molecule has 0 bridgehead atoms. The van der Waals surface area contributed by atoms with Gasteiger partial charge in [0.15, 0.2) is 23.0 Å². The van der Waals surface area contributed by atoms with Gasteiger partial charge in [0.05, 0.1) is 5.69 Å². The number of fused-ring (bicyclic) bond motifs is 2. The summed E-state index contributed by atoms with van der Waals surface area (Å²) in [5.41, 5.74) is 2.05. The molecule has 6 nitrogen and oxygen atoms in total. The third kappa shape index (κ3) is 2.74. The van der Waals surface area contributed by atoms with Crippen molar-refractivity contribution >= 4 is 44.3 Å². The summed E-state index contributed by atoms with van der Waals surface area (Å²) in [7, 11) is 0. The molecule has 0 spiro atoms. The van der Waals surface area contributed by atoms with Crippen LogP contribution in [-0.2, 0) is 0 Å². The number of halogens is 1. The van der Waals surface area contributed by atoms with Gasteiger partial charge in [-0.25, -0.2) is 0 Å². The number of aryl methyl sites for hydroxylation is 1. The van der Waals surface area contributed by atoms with Crippen LogP contribution in [0.2, 0.25) is 0 Å². The highest BCUT2D eigenvalue weighted by Crippen LogP contribution is 2.37. The summed E-state index contributed by atoms with van der Waals surface area (Å²) in [6.45, 7) is 3.33. The lowest BCUT2D eigenvalue weighted by molar-refractivity contribution is 0.0998. The predicted molar refractivity (Wildman–Crippen MR) is 99.2 cm³/mol. The molecule has 1 amide bonds. The lowest BCUT2D eigenvalue weighted by Gasteiger charge is -2.10. The molecule has 3 aromatic rings. The quantitative estimate of drug-likeness (QED) is 0.627. The van der Waals surface area contributed by atoms with Crippen molar-refractivity contribution in [1.29, 1.82) is 0 Å². The maximum atomic E-state index is 12.8. The predicted octanol–water partition coefficient (Wildman–Crippen LogP) is 4.69. The van der Waals surface area contributed by atoms with Crippen LogP contribution >= 0.6 is 15.9 Å². The topological polar surface area (TPSA) is 77.8 Å². The fraction of sp³-hybridized carbons (Fsp3) is 0.158. The van der Waals surface area contributed by atoms with E-state index in [2.05, 4.69) is 21.2 Å². The molecular formula is C19H14BrNO5. The summed E-state index contributed by atoms with van der Waals surface area (Å²) in [5.74, 6) is 0.541. The number of ketones is 1. The molecule has 1 N–H and O–H groups in total. The van der Waals surface area contributed by atoms with E-state index < -0.39 is 5.91 Å². The first-order chi connectivity index (χ1) is 12.4. The summed E-state index contributed by atoms with van der Waals surface area (Å²) in [6, 6.07) is 8.70. The van der Waals surface area contributed by atoms with Crippen LogP contribution in [0.5, 0.6) is 11.5 Å². The zero-order chi connectivity index (χ0) is 18.4. The molecule has 2 aromatic carbocycles. The molecule has 1 aliphatic rings. The van der Waals surface area contributed by atoms with E-state index in [1.54, 1.807) is 18.2 Å². The number of nitrogens with one attached hydrogen (secondary N) is 1. The van der Waals surface area contributed by atoms with Gasteiger partial charge < -0.3 is 19.2 Å². The minimum absolute atomic E-state index is 0.0850. The molecule has 0 unspecified atom stereocenters. The van der Waals surface area contributed by atoms with Crippen LogP contribution in [0.25, 0.3) is 11.0 Å². The molecular weight excluding hydrogens is 402 g/mol. The van der Waals surface area contributed by atoms with Crippen molar-refractivity contribution in [2.75, 3.05) is 12.1 Å². The van der Waals surface area contributed by atoms with Gasteiger partial charge in [-0.3, -0.25) is 9.59 Å². The van der Waals surface area contributed by atoms with E-state index >= 15 is 0 Å². The number of amides is 1. The Morgan fingerprint density at radius 3 is 2.58 bits per heavy atom. The van der Waals surface area contributed by atoms with Crippen LogP contribution < -0.4 is 14.8 Å². The normalized spacial score (nSPS) is 12.4. The Hall–Kier alpha value is -2.80. The molecule has 1 aliphatic heterocycles. The Morgan fingerprint density at radius 2 is 1.85 bits per heavy atom. The number of carbonyl (C=O) groups is 2. The van der Waals surface area contributed by atoms with Crippen molar-refractivity contribution in [1.82, 2.24) is 0 Å². The number of carbonyl (C=O) groups excluding carboxylic acids is 2. The second-order valence-corrected chi connectivity index (χ2v) is 6.87. The number of hydrogen-bond donors (Lipinski definition) is 1.